The molecule has 0 aliphatic carbocycles. The molecule has 0 radical (unpaired) electrons. The number of hydrogen-bond acceptors (Lipinski definition) is 2. The molecule has 1 atom stereocenters. The van der Waals surface area contributed by atoms with Crippen molar-refractivity contribution in [1.82, 2.24) is 0 Å². The molecule has 4 heteroatoms. The van der Waals surface area contributed by atoms with Crippen LogP contribution in [0.2, 0.25) is 5.02 Å². The molecule has 0 bridgehead atoms. The van der Waals surface area contributed by atoms with Gasteiger partial charge >= 0.3 is 0 Å². The minimum atomic E-state index is -1.04. The minimum absolute atomic E-state index is 0.0403. The maximum atomic E-state index is 11.9. The zero-order valence-electron chi connectivity index (χ0n) is 11.2. The molecule has 0 aromatic heterocycles. The van der Waals surface area contributed by atoms with Gasteiger partial charge in [0.1, 0.15) is 11.2 Å². The summed E-state index contributed by atoms with van der Waals surface area (Å²) >= 11 is 11.5. The van der Waals surface area contributed by atoms with Gasteiger partial charge in [-0.15, -0.1) is 11.6 Å². The summed E-state index contributed by atoms with van der Waals surface area (Å²) in [5, 5.41) is 10.4. The van der Waals surface area contributed by atoms with Gasteiger partial charge in [-0.05, 0) is 23.3 Å². The standard InChI is InChI=1S/C17H13Cl2NO/c18-11-16(21)10-17(12-20,13-4-2-1-3-5-13)14-6-8-15(19)9-7-14/h1-9H,10-11H2. The lowest BCUT2D eigenvalue weighted by Crippen LogP contribution is -2.29. The van der Waals surface area contributed by atoms with E-state index < -0.39 is 5.41 Å². The van der Waals surface area contributed by atoms with Crippen LogP contribution in [0.4, 0.5) is 0 Å². The van der Waals surface area contributed by atoms with Gasteiger partial charge < -0.3 is 0 Å². The molecule has 1 unspecified atom stereocenters. The van der Waals surface area contributed by atoms with Crippen molar-refractivity contribution in [3.05, 3.63) is 70.7 Å². The Labute approximate surface area is 133 Å². The number of benzene rings is 2. The lowest BCUT2D eigenvalue weighted by molar-refractivity contribution is -0.117. The van der Waals surface area contributed by atoms with Crippen LogP contribution in [-0.2, 0) is 10.2 Å². The van der Waals surface area contributed by atoms with Crippen LogP contribution in [0.5, 0.6) is 0 Å². The monoisotopic (exact) mass is 317 g/mol. The Morgan fingerprint density at radius 3 is 2.14 bits per heavy atom. The van der Waals surface area contributed by atoms with E-state index in [0.29, 0.717) is 5.02 Å². The van der Waals surface area contributed by atoms with E-state index in [2.05, 4.69) is 6.07 Å². The van der Waals surface area contributed by atoms with Crippen molar-refractivity contribution in [1.29, 1.82) is 5.26 Å². The first-order valence-corrected chi connectivity index (χ1v) is 7.34. The maximum Gasteiger partial charge on any atom is 0.149 e. The van der Waals surface area contributed by atoms with Crippen molar-refractivity contribution in [2.24, 2.45) is 0 Å². The molecule has 2 rings (SSSR count). The molecule has 0 aliphatic heterocycles. The van der Waals surface area contributed by atoms with Gasteiger partial charge in [0.15, 0.2) is 0 Å². The zero-order valence-corrected chi connectivity index (χ0v) is 12.7. The Kier molecular flexibility index (Phi) is 5.01. The molecule has 0 fully saturated rings. The second kappa shape index (κ2) is 6.76. The number of nitrogens with zero attached hydrogens (tertiary/aromatic N) is 1. The van der Waals surface area contributed by atoms with E-state index in [1.165, 1.54) is 0 Å². The largest absolute Gasteiger partial charge is 0.298 e. The summed E-state index contributed by atoms with van der Waals surface area (Å²) in [5.74, 6) is -0.277. The number of carbonyl (C=O) groups is 1. The molecule has 0 spiro atoms. The Morgan fingerprint density at radius 1 is 1.05 bits per heavy atom. The second-order valence-corrected chi connectivity index (χ2v) is 5.44. The van der Waals surface area contributed by atoms with E-state index in [9.17, 15) is 10.1 Å². The first-order valence-electron chi connectivity index (χ1n) is 6.43. The van der Waals surface area contributed by atoms with Crippen molar-refractivity contribution in [2.75, 3.05) is 5.88 Å². The highest BCUT2D eigenvalue weighted by atomic mass is 35.5. The fourth-order valence-corrected chi connectivity index (χ4v) is 2.56. The first-order chi connectivity index (χ1) is 10.1. The summed E-state index contributed by atoms with van der Waals surface area (Å²) in [7, 11) is 0. The number of halogens is 2. The summed E-state index contributed by atoms with van der Waals surface area (Å²) in [6, 6.07) is 18.6. The van der Waals surface area contributed by atoms with Crippen LogP contribution >= 0.6 is 23.2 Å². The van der Waals surface area contributed by atoms with E-state index in [0.717, 1.165) is 11.1 Å². The van der Waals surface area contributed by atoms with E-state index in [1.807, 2.05) is 30.3 Å². The highest BCUT2D eigenvalue weighted by Crippen LogP contribution is 2.36. The van der Waals surface area contributed by atoms with Crippen molar-refractivity contribution < 1.29 is 4.79 Å². The van der Waals surface area contributed by atoms with Crippen molar-refractivity contribution >= 4 is 29.0 Å². The molecule has 2 aromatic rings. The van der Waals surface area contributed by atoms with E-state index in [4.69, 9.17) is 23.2 Å². The highest BCUT2D eigenvalue weighted by Gasteiger charge is 2.36. The molecular formula is C17H13Cl2NO. The fourth-order valence-electron chi connectivity index (χ4n) is 2.34. The number of nitriles is 1. The molecule has 0 amide bonds. The van der Waals surface area contributed by atoms with Gasteiger partial charge in [0.05, 0.1) is 11.9 Å². The summed E-state index contributed by atoms with van der Waals surface area (Å²) in [5.41, 5.74) is 0.463. The Morgan fingerprint density at radius 2 is 1.62 bits per heavy atom. The lowest BCUT2D eigenvalue weighted by atomic mass is 9.72. The Hall–Kier alpha value is -1.82. The fraction of sp³-hybridized carbons (Fsp3) is 0.176. The molecule has 2 aromatic carbocycles. The third kappa shape index (κ3) is 3.26. The minimum Gasteiger partial charge on any atom is -0.298 e. The van der Waals surface area contributed by atoms with Crippen LogP contribution in [0.15, 0.2) is 54.6 Å². The van der Waals surface area contributed by atoms with E-state index in [1.54, 1.807) is 24.3 Å². The number of Topliss-reactive ketones (excluding diaryl/α,β-unsaturated/α-hetero) is 1. The third-order valence-electron chi connectivity index (χ3n) is 3.41. The number of ketones is 1. The summed E-state index contributed by atoms with van der Waals surface area (Å²) in [6.07, 6.45) is 0.0403. The SMILES string of the molecule is N#CC(CC(=O)CCl)(c1ccccc1)c1ccc(Cl)cc1. The van der Waals surface area contributed by atoms with Gasteiger partial charge in [-0.2, -0.15) is 5.26 Å². The van der Waals surface area contributed by atoms with E-state index >= 15 is 0 Å². The highest BCUT2D eigenvalue weighted by molar-refractivity contribution is 6.30. The van der Waals surface area contributed by atoms with Crippen molar-refractivity contribution in [2.45, 2.75) is 11.8 Å². The molecule has 0 heterocycles. The van der Waals surface area contributed by atoms with E-state index in [-0.39, 0.29) is 18.1 Å². The van der Waals surface area contributed by atoms with Gasteiger partial charge in [0.25, 0.3) is 0 Å². The Balaban J connectivity index is 2.60. The molecule has 0 N–H and O–H groups in total. The van der Waals surface area contributed by atoms with Crippen LogP contribution in [0.3, 0.4) is 0 Å². The van der Waals surface area contributed by atoms with Gasteiger partial charge in [-0.25, -0.2) is 0 Å². The van der Waals surface area contributed by atoms with Crippen LogP contribution in [-0.4, -0.2) is 11.7 Å². The van der Waals surface area contributed by atoms with Gasteiger partial charge in [0.2, 0.25) is 0 Å². The van der Waals surface area contributed by atoms with Crippen molar-refractivity contribution in [3.63, 3.8) is 0 Å². The molecule has 21 heavy (non-hydrogen) atoms. The van der Waals surface area contributed by atoms with Crippen LogP contribution in [0.25, 0.3) is 0 Å². The van der Waals surface area contributed by atoms with Gasteiger partial charge in [-0.1, -0.05) is 54.1 Å². The quantitative estimate of drug-likeness (QED) is 0.769. The zero-order chi connectivity index (χ0) is 15.3. The molecule has 0 saturated carbocycles. The number of carbonyl (C=O) groups excluding carboxylic acids is 1. The molecular weight excluding hydrogens is 305 g/mol. The summed E-state index contributed by atoms with van der Waals surface area (Å²) in [4.78, 5) is 11.9. The molecule has 0 aliphatic rings. The predicted molar refractivity (Wildman–Crippen MR) is 84.6 cm³/mol. The third-order valence-corrected chi connectivity index (χ3v) is 3.96. The number of hydrogen-bond donors (Lipinski definition) is 0. The second-order valence-electron chi connectivity index (χ2n) is 4.74. The smallest absolute Gasteiger partial charge is 0.149 e. The predicted octanol–water partition coefficient (Wildman–Crippen LogP) is 4.35. The van der Waals surface area contributed by atoms with Crippen molar-refractivity contribution in [3.8, 4) is 6.07 Å². The molecule has 0 saturated heterocycles. The maximum absolute atomic E-state index is 11.9. The molecule has 2 nitrogen and oxygen atoms in total. The molecule has 106 valence electrons. The van der Waals surface area contributed by atoms with Crippen LogP contribution < -0.4 is 0 Å². The lowest BCUT2D eigenvalue weighted by Gasteiger charge is -2.27. The number of rotatable bonds is 5. The van der Waals surface area contributed by atoms with Crippen LogP contribution in [0, 0.1) is 11.3 Å². The normalized spacial score (nSPS) is 13.2. The van der Waals surface area contributed by atoms with Gasteiger partial charge in [-0.3, -0.25) is 4.79 Å². The van der Waals surface area contributed by atoms with Crippen LogP contribution in [0.1, 0.15) is 17.5 Å². The Bertz CT molecular complexity index is 661. The first kappa shape index (κ1) is 15.6. The summed E-state index contributed by atoms with van der Waals surface area (Å²) in [6.45, 7) is 0. The van der Waals surface area contributed by atoms with Gasteiger partial charge in [0, 0.05) is 11.4 Å². The average Bonchev–Trinajstić information content (AvgIpc) is 2.54. The number of alkyl halides is 1. The average molecular weight is 318 g/mol. The topological polar surface area (TPSA) is 40.9 Å². The summed E-state index contributed by atoms with van der Waals surface area (Å²) < 4.78 is 0.